The van der Waals surface area contributed by atoms with E-state index in [4.69, 9.17) is 0 Å². The molecule has 0 spiro atoms. The second kappa shape index (κ2) is 10.1. The Balaban J connectivity index is 1.23. The van der Waals surface area contributed by atoms with Gasteiger partial charge in [-0.2, -0.15) is 0 Å². The van der Waals surface area contributed by atoms with Crippen molar-refractivity contribution in [2.45, 2.75) is 46.6 Å². The lowest BCUT2D eigenvalue weighted by Crippen LogP contribution is -2.33. The molecule has 0 aliphatic carbocycles. The predicted octanol–water partition coefficient (Wildman–Crippen LogP) is 5.78. The van der Waals surface area contributed by atoms with E-state index in [1.807, 2.05) is 0 Å². The SMILES string of the molecule is Cc1cc(C)c(-c2ccc(NCCC3CCN(Cc4ccccc4)CC3)nn2)c(C)c1. The number of aryl methyl sites for hydroxylation is 3. The van der Waals surface area contributed by atoms with Crippen LogP contribution in [0.3, 0.4) is 0 Å². The van der Waals surface area contributed by atoms with Crippen molar-refractivity contribution in [1.29, 1.82) is 0 Å². The molecule has 0 radical (unpaired) electrons. The van der Waals surface area contributed by atoms with Gasteiger partial charge in [0.25, 0.3) is 0 Å². The van der Waals surface area contributed by atoms with Gasteiger partial charge in [-0.3, -0.25) is 4.90 Å². The van der Waals surface area contributed by atoms with Crippen molar-refractivity contribution in [3.8, 4) is 11.3 Å². The summed E-state index contributed by atoms with van der Waals surface area (Å²) in [7, 11) is 0. The zero-order valence-electron chi connectivity index (χ0n) is 19.1. The van der Waals surface area contributed by atoms with Crippen molar-refractivity contribution >= 4 is 5.82 Å². The molecule has 162 valence electrons. The highest BCUT2D eigenvalue weighted by atomic mass is 15.2. The van der Waals surface area contributed by atoms with Gasteiger partial charge in [-0.1, -0.05) is 48.0 Å². The van der Waals surface area contributed by atoms with E-state index in [0.29, 0.717) is 0 Å². The van der Waals surface area contributed by atoms with Crippen molar-refractivity contribution in [2.75, 3.05) is 25.0 Å². The first-order valence-electron chi connectivity index (χ1n) is 11.5. The molecule has 1 fully saturated rings. The molecule has 1 aliphatic heterocycles. The highest BCUT2D eigenvalue weighted by Crippen LogP contribution is 2.27. The zero-order valence-corrected chi connectivity index (χ0v) is 19.1. The lowest BCUT2D eigenvalue weighted by molar-refractivity contribution is 0.174. The molecule has 0 unspecified atom stereocenters. The minimum absolute atomic E-state index is 0.796. The second-order valence-electron chi connectivity index (χ2n) is 9.00. The maximum absolute atomic E-state index is 4.50. The van der Waals surface area contributed by atoms with Gasteiger partial charge in [-0.15, -0.1) is 10.2 Å². The Morgan fingerprint density at radius 1 is 0.903 bits per heavy atom. The maximum atomic E-state index is 4.50. The third kappa shape index (κ3) is 5.71. The minimum Gasteiger partial charge on any atom is -0.369 e. The molecular weight excluding hydrogens is 380 g/mol. The number of anilines is 1. The summed E-state index contributed by atoms with van der Waals surface area (Å²) in [6.45, 7) is 10.9. The van der Waals surface area contributed by atoms with Gasteiger partial charge >= 0.3 is 0 Å². The van der Waals surface area contributed by atoms with Gasteiger partial charge in [0.2, 0.25) is 0 Å². The summed E-state index contributed by atoms with van der Waals surface area (Å²) in [6, 6.07) is 19.4. The molecule has 0 saturated carbocycles. The molecule has 0 amide bonds. The molecule has 1 aliphatic rings. The van der Waals surface area contributed by atoms with Crippen LogP contribution in [0.1, 0.15) is 41.5 Å². The normalized spacial score (nSPS) is 15.2. The fourth-order valence-electron chi connectivity index (χ4n) is 4.82. The standard InChI is InChI=1S/C27H34N4/c1-20-17-21(2)27(22(3)18-20)25-9-10-26(30-29-25)28-14-11-23-12-15-31(16-13-23)19-24-7-5-4-6-8-24/h4-10,17-18,23H,11-16,19H2,1-3H3,(H,28,30). The number of rotatable bonds is 7. The summed E-state index contributed by atoms with van der Waals surface area (Å²) in [5.41, 5.74) is 7.37. The van der Waals surface area contributed by atoms with Crippen molar-refractivity contribution in [3.63, 3.8) is 0 Å². The summed E-state index contributed by atoms with van der Waals surface area (Å²) in [6.07, 6.45) is 3.76. The van der Waals surface area contributed by atoms with Gasteiger partial charge < -0.3 is 5.32 Å². The van der Waals surface area contributed by atoms with E-state index >= 15 is 0 Å². The average molecular weight is 415 g/mol. The molecule has 3 aromatic rings. The first-order chi connectivity index (χ1) is 15.1. The summed E-state index contributed by atoms with van der Waals surface area (Å²) in [5.74, 6) is 1.66. The summed E-state index contributed by atoms with van der Waals surface area (Å²) in [4.78, 5) is 2.58. The van der Waals surface area contributed by atoms with Crippen LogP contribution >= 0.6 is 0 Å². The van der Waals surface area contributed by atoms with Crippen molar-refractivity contribution in [3.05, 3.63) is 76.9 Å². The van der Waals surface area contributed by atoms with Gasteiger partial charge in [0.1, 0.15) is 5.82 Å². The molecule has 0 atom stereocenters. The van der Waals surface area contributed by atoms with E-state index < -0.39 is 0 Å². The van der Waals surface area contributed by atoms with E-state index in [9.17, 15) is 0 Å². The Hall–Kier alpha value is -2.72. The lowest BCUT2D eigenvalue weighted by atomic mass is 9.93. The minimum atomic E-state index is 0.796. The van der Waals surface area contributed by atoms with E-state index in [1.165, 1.54) is 60.2 Å². The number of hydrogen-bond donors (Lipinski definition) is 1. The highest BCUT2D eigenvalue weighted by Gasteiger charge is 2.19. The fourth-order valence-corrected chi connectivity index (χ4v) is 4.82. The van der Waals surface area contributed by atoms with Gasteiger partial charge in [-0.05, 0) is 87.9 Å². The second-order valence-corrected chi connectivity index (χ2v) is 9.00. The molecule has 1 N–H and O–H groups in total. The lowest BCUT2D eigenvalue weighted by Gasteiger charge is -2.32. The molecule has 2 heterocycles. The molecule has 1 saturated heterocycles. The van der Waals surface area contributed by atoms with Crippen molar-refractivity contribution < 1.29 is 0 Å². The first-order valence-corrected chi connectivity index (χ1v) is 11.5. The van der Waals surface area contributed by atoms with Crippen LogP contribution in [-0.4, -0.2) is 34.7 Å². The van der Waals surface area contributed by atoms with Gasteiger partial charge in [0.05, 0.1) is 5.69 Å². The third-order valence-electron chi connectivity index (χ3n) is 6.41. The Kier molecular flexibility index (Phi) is 6.98. The highest BCUT2D eigenvalue weighted by molar-refractivity contribution is 5.68. The molecule has 4 rings (SSSR count). The summed E-state index contributed by atoms with van der Waals surface area (Å²) in [5, 5.41) is 12.4. The predicted molar refractivity (Wildman–Crippen MR) is 129 cm³/mol. The summed E-state index contributed by atoms with van der Waals surface area (Å²) < 4.78 is 0. The van der Waals surface area contributed by atoms with Gasteiger partial charge in [0.15, 0.2) is 0 Å². The van der Waals surface area contributed by atoms with Crippen LogP contribution in [0.5, 0.6) is 0 Å². The van der Waals surface area contributed by atoms with Gasteiger partial charge in [0, 0.05) is 18.7 Å². The number of aromatic nitrogens is 2. The Morgan fingerprint density at radius 3 is 2.26 bits per heavy atom. The Bertz CT molecular complexity index is 951. The molecule has 2 aromatic carbocycles. The van der Waals surface area contributed by atoms with Crippen LogP contribution < -0.4 is 5.32 Å². The molecule has 1 aromatic heterocycles. The third-order valence-corrected chi connectivity index (χ3v) is 6.41. The Morgan fingerprint density at radius 2 is 1.61 bits per heavy atom. The Labute approximate surface area is 186 Å². The molecular formula is C27H34N4. The van der Waals surface area contributed by atoms with Crippen LogP contribution in [0.15, 0.2) is 54.6 Å². The molecule has 0 bridgehead atoms. The van der Waals surface area contributed by atoms with Crippen LogP contribution in [0.25, 0.3) is 11.3 Å². The monoisotopic (exact) mass is 414 g/mol. The molecule has 4 nitrogen and oxygen atoms in total. The zero-order chi connectivity index (χ0) is 21.6. The van der Waals surface area contributed by atoms with E-state index in [-0.39, 0.29) is 0 Å². The van der Waals surface area contributed by atoms with Crippen LogP contribution in [0.4, 0.5) is 5.82 Å². The average Bonchev–Trinajstić information content (AvgIpc) is 2.76. The first kappa shape index (κ1) is 21.5. The van der Waals surface area contributed by atoms with Crippen molar-refractivity contribution in [1.82, 2.24) is 15.1 Å². The van der Waals surface area contributed by atoms with Gasteiger partial charge in [-0.25, -0.2) is 0 Å². The smallest absolute Gasteiger partial charge is 0.148 e. The van der Waals surface area contributed by atoms with Crippen molar-refractivity contribution in [2.24, 2.45) is 5.92 Å². The topological polar surface area (TPSA) is 41.0 Å². The number of benzene rings is 2. The maximum Gasteiger partial charge on any atom is 0.148 e. The molecule has 4 heteroatoms. The largest absolute Gasteiger partial charge is 0.369 e. The number of likely N-dealkylation sites (tertiary alicyclic amines) is 1. The van der Waals surface area contributed by atoms with E-state index in [0.717, 1.165) is 30.5 Å². The molecule has 31 heavy (non-hydrogen) atoms. The quantitative estimate of drug-likeness (QED) is 0.532. The van der Waals surface area contributed by atoms with Crippen LogP contribution in [0.2, 0.25) is 0 Å². The number of nitrogens with zero attached hydrogens (tertiary/aromatic N) is 3. The van der Waals surface area contributed by atoms with Crippen LogP contribution in [0, 0.1) is 26.7 Å². The van der Waals surface area contributed by atoms with E-state index in [2.05, 4.69) is 95.8 Å². The number of piperidine rings is 1. The van der Waals surface area contributed by atoms with Crippen LogP contribution in [-0.2, 0) is 6.54 Å². The number of nitrogens with one attached hydrogen (secondary N) is 1. The summed E-state index contributed by atoms with van der Waals surface area (Å²) >= 11 is 0. The fraction of sp³-hybridized carbons (Fsp3) is 0.407. The van der Waals surface area contributed by atoms with E-state index in [1.54, 1.807) is 0 Å². The number of hydrogen-bond acceptors (Lipinski definition) is 4.